The van der Waals surface area contributed by atoms with Crippen molar-refractivity contribution >= 4 is 5.82 Å². The number of rotatable bonds is 3. The summed E-state index contributed by atoms with van der Waals surface area (Å²) in [5.74, 6) is -3.91. The summed E-state index contributed by atoms with van der Waals surface area (Å²) in [5.41, 5.74) is 4.22. The molecule has 0 amide bonds. The predicted molar refractivity (Wildman–Crippen MR) is 64.0 cm³/mol. The maximum absolute atomic E-state index is 14.0. The Morgan fingerprint density at radius 1 is 1.65 bits per heavy atom. The van der Waals surface area contributed by atoms with E-state index in [4.69, 9.17) is 10.5 Å². The van der Waals surface area contributed by atoms with E-state index in [1.807, 2.05) is 0 Å². The van der Waals surface area contributed by atoms with Gasteiger partial charge in [-0.3, -0.25) is 4.57 Å². The molecule has 7 nitrogen and oxygen atoms in total. The van der Waals surface area contributed by atoms with Crippen molar-refractivity contribution < 1.29 is 23.7 Å². The van der Waals surface area contributed by atoms with Gasteiger partial charge in [-0.2, -0.15) is 13.8 Å². The summed E-state index contributed by atoms with van der Waals surface area (Å²) >= 11 is 0. The Balaban J connectivity index is 2.42. The third kappa shape index (κ3) is 2.19. The Bertz CT molecular complexity index is 577. The van der Waals surface area contributed by atoms with Gasteiger partial charge in [-0.25, -0.2) is 4.79 Å². The number of nitrogen functional groups attached to an aromatic ring is 1. The molecule has 110 valence electrons. The molecule has 0 spiro atoms. The topological polar surface area (TPSA) is 111 Å². The van der Waals surface area contributed by atoms with Crippen LogP contribution in [0.3, 0.4) is 0 Å². The highest BCUT2D eigenvalue weighted by atomic mass is 19.3. The van der Waals surface area contributed by atoms with Crippen molar-refractivity contribution in [3.05, 3.63) is 35.4 Å². The first-order valence-electron chi connectivity index (χ1n) is 5.65. The van der Waals surface area contributed by atoms with E-state index < -0.39 is 36.2 Å². The standard InChI is InChI=1S/C11H13F2N3O4/c1-2-5(17)7-8(18)11(12,13)9(20-7)16-4-3-6(14)15-10(16)19/h2-5,7-9,17-18H,1H2,(H2,14,15,19)/t5?,7-,8-,9-/m1/s1. The van der Waals surface area contributed by atoms with E-state index >= 15 is 0 Å². The minimum Gasteiger partial charge on any atom is -0.386 e. The smallest absolute Gasteiger partial charge is 0.351 e. The maximum atomic E-state index is 14.0. The number of aliphatic hydroxyl groups is 2. The minimum atomic E-state index is -3.78. The molecule has 1 fully saturated rings. The van der Waals surface area contributed by atoms with Crippen LogP contribution in [0.5, 0.6) is 0 Å². The number of hydrogen-bond acceptors (Lipinski definition) is 6. The molecule has 4 N–H and O–H groups in total. The SMILES string of the molecule is C=CC(O)[C@H]1O[C@@H](n2ccc(N)nc2=O)C(F)(F)[C@@H]1O. The fraction of sp³-hybridized carbons (Fsp3) is 0.455. The predicted octanol–water partition coefficient (Wildman–Crippen LogP) is -0.734. The first-order chi connectivity index (χ1) is 9.28. The second-order valence-electron chi connectivity index (χ2n) is 4.34. The highest BCUT2D eigenvalue weighted by molar-refractivity contribution is 5.23. The molecule has 1 saturated heterocycles. The van der Waals surface area contributed by atoms with Crippen LogP contribution in [0.4, 0.5) is 14.6 Å². The van der Waals surface area contributed by atoms with E-state index in [0.717, 1.165) is 18.3 Å². The van der Waals surface area contributed by atoms with Gasteiger partial charge in [0.15, 0.2) is 6.10 Å². The van der Waals surface area contributed by atoms with Gasteiger partial charge in [0.05, 0.1) is 0 Å². The van der Waals surface area contributed by atoms with Crippen molar-refractivity contribution in [2.45, 2.75) is 30.5 Å². The fourth-order valence-corrected chi connectivity index (χ4v) is 1.94. The van der Waals surface area contributed by atoms with Crippen molar-refractivity contribution in [2.24, 2.45) is 0 Å². The molecule has 0 aliphatic carbocycles. The highest BCUT2D eigenvalue weighted by Crippen LogP contribution is 2.43. The zero-order valence-electron chi connectivity index (χ0n) is 10.2. The van der Waals surface area contributed by atoms with E-state index in [1.165, 1.54) is 0 Å². The molecule has 1 aromatic heterocycles. The van der Waals surface area contributed by atoms with Gasteiger partial charge in [-0.1, -0.05) is 6.08 Å². The number of aromatic nitrogens is 2. The number of aliphatic hydroxyl groups excluding tert-OH is 2. The van der Waals surface area contributed by atoms with E-state index in [0.29, 0.717) is 4.57 Å². The van der Waals surface area contributed by atoms with Crippen LogP contribution >= 0.6 is 0 Å². The quantitative estimate of drug-likeness (QED) is 0.632. The van der Waals surface area contributed by atoms with Gasteiger partial charge in [-0.05, 0) is 6.07 Å². The molecule has 2 rings (SSSR count). The molecule has 4 atom stereocenters. The van der Waals surface area contributed by atoms with Crippen LogP contribution in [0.1, 0.15) is 6.23 Å². The lowest BCUT2D eigenvalue weighted by Gasteiger charge is -2.20. The first-order valence-corrected chi connectivity index (χ1v) is 5.65. The van der Waals surface area contributed by atoms with Gasteiger partial charge in [0.2, 0.25) is 6.23 Å². The molecule has 0 radical (unpaired) electrons. The molecule has 1 aliphatic rings. The van der Waals surface area contributed by atoms with Crippen LogP contribution in [0.2, 0.25) is 0 Å². The van der Waals surface area contributed by atoms with Crippen LogP contribution < -0.4 is 11.4 Å². The Kier molecular flexibility index (Phi) is 3.59. The molecule has 9 heteroatoms. The molecule has 1 aliphatic heterocycles. The Morgan fingerprint density at radius 2 is 2.30 bits per heavy atom. The summed E-state index contributed by atoms with van der Waals surface area (Å²) < 4.78 is 33.4. The molecule has 1 unspecified atom stereocenters. The van der Waals surface area contributed by atoms with Crippen LogP contribution in [-0.4, -0.2) is 44.0 Å². The zero-order valence-corrected chi connectivity index (χ0v) is 10.2. The van der Waals surface area contributed by atoms with E-state index in [9.17, 15) is 23.8 Å². The monoisotopic (exact) mass is 289 g/mol. The van der Waals surface area contributed by atoms with Gasteiger partial charge in [0, 0.05) is 6.20 Å². The van der Waals surface area contributed by atoms with Gasteiger partial charge < -0.3 is 20.7 Å². The largest absolute Gasteiger partial charge is 0.386 e. The average Bonchev–Trinajstić information content (AvgIpc) is 2.61. The summed E-state index contributed by atoms with van der Waals surface area (Å²) in [6.07, 6.45) is -5.53. The molecule has 0 bridgehead atoms. The number of anilines is 1. The van der Waals surface area contributed by atoms with Crippen molar-refractivity contribution in [1.29, 1.82) is 0 Å². The number of nitrogens with zero attached hydrogens (tertiary/aromatic N) is 2. The van der Waals surface area contributed by atoms with Crippen LogP contribution in [0, 0.1) is 0 Å². The molecule has 1 aromatic rings. The van der Waals surface area contributed by atoms with Crippen molar-refractivity contribution in [1.82, 2.24) is 9.55 Å². The van der Waals surface area contributed by atoms with Crippen molar-refractivity contribution in [2.75, 3.05) is 5.73 Å². The normalized spacial score (nSPS) is 30.1. The third-order valence-electron chi connectivity index (χ3n) is 3.00. The second-order valence-corrected chi connectivity index (χ2v) is 4.34. The zero-order chi connectivity index (χ0) is 15.1. The molecule has 0 aromatic carbocycles. The number of ether oxygens (including phenoxy) is 1. The molecule has 0 saturated carbocycles. The summed E-state index contributed by atoms with van der Waals surface area (Å²) in [7, 11) is 0. The average molecular weight is 289 g/mol. The van der Waals surface area contributed by atoms with E-state index in [1.54, 1.807) is 0 Å². The lowest BCUT2D eigenvalue weighted by Crippen LogP contribution is -2.43. The summed E-state index contributed by atoms with van der Waals surface area (Å²) in [5, 5.41) is 19.0. The van der Waals surface area contributed by atoms with Gasteiger partial charge in [0.1, 0.15) is 18.0 Å². The number of alkyl halides is 2. The fourth-order valence-electron chi connectivity index (χ4n) is 1.94. The number of hydrogen-bond donors (Lipinski definition) is 3. The highest BCUT2D eigenvalue weighted by Gasteiger charge is 2.61. The number of halogens is 2. The molecule has 20 heavy (non-hydrogen) atoms. The lowest BCUT2D eigenvalue weighted by atomic mass is 10.0. The van der Waals surface area contributed by atoms with Crippen LogP contribution in [-0.2, 0) is 4.74 Å². The van der Waals surface area contributed by atoms with Crippen LogP contribution in [0.15, 0.2) is 29.7 Å². The molecular weight excluding hydrogens is 276 g/mol. The maximum Gasteiger partial charge on any atom is 0.351 e. The lowest BCUT2D eigenvalue weighted by molar-refractivity contribution is -0.141. The third-order valence-corrected chi connectivity index (χ3v) is 3.00. The Morgan fingerprint density at radius 3 is 2.85 bits per heavy atom. The molecule has 2 heterocycles. The summed E-state index contributed by atoms with van der Waals surface area (Å²) in [6, 6.07) is 1.14. The Hall–Kier alpha value is -1.84. The minimum absolute atomic E-state index is 0.129. The van der Waals surface area contributed by atoms with Crippen LogP contribution in [0.25, 0.3) is 0 Å². The van der Waals surface area contributed by atoms with Crippen molar-refractivity contribution in [3.63, 3.8) is 0 Å². The summed E-state index contributed by atoms with van der Waals surface area (Å²) in [6.45, 7) is 3.23. The van der Waals surface area contributed by atoms with Gasteiger partial charge in [0.25, 0.3) is 0 Å². The van der Waals surface area contributed by atoms with Crippen molar-refractivity contribution in [3.8, 4) is 0 Å². The van der Waals surface area contributed by atoms with Gasteiger partial charge >= 0.3 is 11.6 Å². The number of nitrogens with two attached hydrogens (primary N) is 1. The first kappa shape index (κ1) is 14.6. The molecular formula is C11H13F2N3O4. The summed E-state index contributed by atoms with van der Waals surface area (Å²) in [4.78, 5) is 14.9. The van der Waals surface area contributed by atoms with E-state index in [-0.39, 0.29) is 5.82 Å². The van der Waals surface area contributed by atoms with E-state index in [2.05, 4.69) is 11.6 Å². The van der Waals surface area contributed by atoms with Gasteiger partial charge in [-0.15, -0.1) is 6.58 Å². The second kappa shape index (κ2) is 4.93. The Labute approximate surface area is 111 Å².